The van der Waals surface area contributed by atoms with Gasteiger partial charge in [-0.1, -0.05) is 6.92 Å². The Morgan fingerprint density at radius 1 is 1.58 bits per heavy atom. The maximum absolute atomic E-state index is 12.1. The molecule has 0 aromatic carbocycles. The summed E-state index contributed by atoms with van der Waals surface area (Å²) in [4.78, 5) is 16.5. The molecule has 0 spiro atoms. The predicted molar refractivity (Wildman–Crippen MR) is 75.3 cm³/mol. The van der Waals surface area contributed by atoms with Crippen LogP contribution >= 0.6 is 11.3 Å². The summed E-state index contributed by atoms with van der Waals surface area (Å²) in [6.45, 7) is 6.66. The lowest BCUT2D eigenvalue weighted by Gasteiger charge is -2.17. The Bertz CT molecular complexity index is 422. The standard InChI is InChI=1S/C13H21N3O2S/c1-3-14-11-7-18-6-10(11)13(17)15-5-4-12-16-9(2)8-19-12/h8,10-11,14H,3-7H2,1-2H3,(H,15,17). The Hall–Kier alpha value is -0.980. The minimum Gasteiger partial charge on any atom is -0.379 e. The number of carbonyl (C=O) groups is 1. The smallest absolute Gasteiger partial charge is 0.227 e. The van der Waals surface area contributed by atoms with E-state index in [4.69, 9.17) is 4.74 Å². The monoisotopic (exact) mass is 283 g/mol. The van der Waals surface area contributed by atoms with Crippen molar-refractivity contribution in [1.82, 2.24) is 15.6 Å². The van der Waals surface area contributed by atoms with Crippen LogP contribution in [0.25, 0.3) is 0 Å². The molecule has 1 aliphatic rings. The lowest BCUT2D eigenvalue weighted by Crippen LogP contribution is -2.44. The Labute approximate surface area is 117 Å². The van der Waals surface area contributed by atoms with Gasteiger partial charge in [0.25, 0.3) is 0 Å². The molecule has 0 aliphatic carbocycles. The van der Waals surface area contributed by atoms with Gasteiger partial charge in [-0.25, -0.2) is 4.98 Å². The van der Waals surface area contributed by atoms with Crippen LogP contribution in [-0.4, -0.2) is 43.2 Å². The first-order chi connectivity index (χ1) is 9.20. The second kappa shape index (κ2) is 6.98. The average molecular weight is 283 g/mol. The number of amides is 1. The maximum atomic E-state index is 12.1. The van der Waals surface area contributed by atoms with Crippen LogP contribution in [0.5, 0.6) is 0 Å². The van der Waals surface area contributed by atoms with E-state index in [2.05, 4.69) is 15.6 Å². The van der Waals surface area contributed by atoms with Crippen molar-refractivity contribution in [2.45, 2.75) is 26.3 Å². The van der Waals surface area contributed by atoms with Crippen LogP contribution in [0.1, 0.15) is 17.6 Å². The molecule has 1 fully saturated rings. The predicted octanol–water partition coefficient (Wildman–Crippen LogP) is 0.735. The first kappa shape index (κ1) is 14.4. The summed E-state index contributed by atoms with van der Waals surface area (Å²) in [7, 11) is 0. The number of nitrogens with zero attached hydrogens (tertiary/aromatic N) is 1. The molecular weight excluding hydrogens is 262 g/mol. The number of ether oxygens (including phenoxy) is 1. The van der Waals surface area contributed by atoms with E-state index < -0.39 is 0 Å². The molecule has 1 amide bonds. The zero-order valence-corrected chi connectivity index (χ0v) is 12.3. The fourth-order valence-electron chi connectivity index (χ4n) is 2.22. The highest BCUT2D eigenvalue weighted by Crippen LogP contribution is 2.14. The topological polar surface area (TPSA) is 63.2 Å². The highest BCUT2D eigenvalue weighted by Gasteiger charge is 2.33. The quantitative estimate of drug-likeness (QED) is 0.808. The highest BCUT2D eigenvalue weighted by atomic mass is 32.1. The molecule has 2 atom stereocenters. The third-order valence-corrected chi connectivity index (χ3v) is 4.21. The Morgan fingerprint density at radius 3 is 3.11 bits per heavy atom. The number of aromatic nitrogens is 1. The molecular formula is C13H21N3O2S. The number of thiazole rings is 1. The molecule has 19 heavy (non-hydrogen) atoms. The van der Waals surface area contributed by atoms with E-state index in [1.54, 1.807) is 11.3 Å². The van der Waals surface area contributed by atoms with E-state index >= 15 is 0 Å². The van der Waals surface area contributed by atoms with Crippen molar-refractivity contribution < 1.29 is 9.53 Å². The van der Waals surface area contributed by atoms with E-state index in [0.29, 0.717) is 19.8 Å². The largest absolute Gasteiger partial charge is 0.379 e. The summed E-state index contributed by atoms with van der Waals surface area (Å²) in [5, 5.41) is 9.37. The van der Waals surface area contributed by atoms with Crippen LogP contribution in [0, 0.1) is 12.8 Å². The fourth-order valence-corrected chi connectivity index (χ4v) is 2.99. The zero-order chi connectivity index (χ0) is 13.7. The molecule has 5 nitrogen and oxygen atoms in total. The van der Waals surface area contributed by atoms with Crippen molar-refractivity contribution in [3.63, 3.8) is 0 Å². The molecule has 2 heterocycles. The van der Waals surface area contributed by atoms with Gasteiger partial charge < -0.3 is 15.4 Å². The first-order valence-electron chi connectivity index (χ1n) is 6.70. The number of likely N-dealkylation sites (N-methyl/N-ethyl adjacent to an activating group) is 1. The summed E-state index contributed by atoms with van der Waals surface area (Å²) in [6, 6.07) is 0.145. The van der Waals surface area contributed by atoms with Crippen molar-refractivity contribution in [3.8, 4) is 0 Å². The molecule has 106 valence electrons. The van der Waals surface area contributed by atoms with Crippen LogP contribution in [0.15, 0.2) is 5.38 Å². The summed E-state index contributed by atoms with van der Waals surface area (Å²) >= 11 is 1.64. The summed E-state index contributed by atoms with van der Waals surface area (Å²) in [6.07, 6.45) is 0.795. The van der Waals surface area contributed by atoms with Gasteiger partial charge in [-0.3, -0.25) is 4.79 Å². The van der Waals surface area contributed by atoms with Crippen molar-refractivity contribution in [2.75, 3.05) is 26.3 Å². The molecule has 1 aliphatic heterocycles. The Morgan fingerprint density at radius 2 is 2.42 bits per heavy atom. The van der Waals surface area contributed by atoms with E-state index in [1.165, 1.54) is 0 Å². The summed E-state index contributed by atoms with van der Waals surface area (Å²) in [5.74, 6) is 0.00899. The van der Waals surface area contributed by atoms with Crippen molar-refractivity contribution >= 4 is 17.2 Å². The second-order valence-corrected chi connectivity index (χ2v) is 5.67. The average Bonchev–Trinajstić information content (AvgIpc) is 2.99. The summed E-state index contributed by atoms with van der Waals surface area (Å²) < 4.78 is 5.38. The second-order valence-electron chi connectivity index (χ2n) is 4.73. The van der Waals surface area contributed by atoms with Gasteiger partial charge in [0.2, 0.25) is 5.91 Å². The normalized spacial score (nSPS) is 22.6. The van der Waals surface area contributed by atoms with Gasteiger partial charge in [-0.2, -0.15) is 0 Å². The van der Waals surface area contributed by atoms with Crippen LogP contribution in [-0.2, 0) is 16.0 Å². The van der Waals surface area contributed by atoms with Crippen molar-refractivity contribution in [1.29, 1.82) is 0 Å². The molecule has 0 saturated carbocycles. The number of carbonyl (C=O) groups excluding carboxylic acids is 1. The molecule has 2 rings (SSSR count). The van der Waals surface area contributed by atoms with Crippen LogP contribution < -0.4 is 10.6 Å². The van der Waals surface area contributed by atoms with Crippen molar-refractivity contribution in [2.24, 2.45) is 5.92 Å². The Kier molecular flexibility index (Phi) is 5.30. The lowest BCUT2D eigenvalue weighted by molar-refractivity contribution is -0.125. The van der Waals surface area contributed by atoms with Gasteiger partial charge in [0.15, 0.2) is 0 Å². The van der Waals surface area contributed by atoms with Crippen LogP contribution in [0.2, 0.25) is 0 Å². The lowest BCUT2D eigenvalue weighted by atomic mass is 10.0. The molecule has 0 radical (unpaired) electrons. The van der Waals surface area contributed by atoms with Gasteiger partial charge in [-0.05, 0) is 13.5 Å². The van der Waals surface area contributed by atoms with Gasteiger partial charge in [0.1, 0.15) is 0 Å². The van der Waals surface area contributed by atoms with Gasteiger partial charge in [0.05, 0.1) is 24.1 Å². The minimum atomic E-state index is -0.0713. The molecule has 1 aromatic rings. The van der Waals surface area contributed by atoms with Crippen LogP contribution in [0.4, 0.5) is 0 Å². The molecule has 0 bridgehead atoms. The van der Waals surface area contributed by atoms with Crippen molar-refractivity contribution in [3.05, 3.63) is 16.1 Å². The first-order valence-corrected chi connectivity index (χ1v) is 7.58. The van der Waals surface area contributed by atoms with E-state index in [-0.39, 0.29) is 17.9 Å². The number of hydrogen-bond donors (Lipinski definition) is 2. The maximum Gasteiger partial charge on any atom is 0.227 e. The SMILES string of the molecule is CCNC1COCC1C(=O)NCCc1nc(C)cs1. The molecule has 2 N–H and O–H groups in total. The third kappa shape index (κ3) is 3.99. The van der Waals surface area contributed by atoms with E-state index in [0.717, 1.165) is 23.7 Å². The molecule has 2 unspecified atom stereocenters. The fraction of sp³-hybridized carbons (Fsp3) is 0.692. The number of aryl methyl sites for hydroxylation is 1. The van der Waals surface area contributed by atoms with E-state index in [9.17, 15) is 4.79 Å². The number of hydrogen-bond acceptors (Lipinski definition) is 5. The molecule has 6 heteroatoms. The van der Waals surface area contributed by atoms with Gasteiger partial charge in [-0.15, -0.1) is 11.3 Å². The van der Waals surface area contributed by atoms with E-state index in [1.807, 2.05) is 19.2 Å². The number of nitrogens with one attached hydrogen (secondary N) is 2. The summed E-state index contributed by atoms with van der Waals surface area (Å²) in [5.41, 5.74) is 1.04. The molecule has 1 saturated heterocycles. The van der Waals surface area contributed by atoms with Gasteiger partial charge in [0, 0.05) is 30.1 Å². The zero-order valence-electron chi connectivity index (χ0n) is 11.4. The van der Waals surface area contributed by atoms with Gasteiger partial charge >= 0.3 is 0 Å². The highest BCUT2D eigenvalue weighted by molar-refractivity contribution is 7.09. The Balaban J connectivity index is 1.74. The minimum absolute atomic E-state index is 0.0713. The molecule has 1 aromatic heterocycles. The third-order valence-electron chi connectivity index (χ3n) is 3.19. The number of rotatable bonds is 6. The van der Waals surface area contributed by atoms with Crippen LogP contribution in [0.3, 0.4) is 0 Å².